The second kappa shape index (κ2) is 6.51. The van der Waals surface area contributed by atoms with Crippen LogP contribution in [0, 0.1) is 0 Å². The van der Waals surface area contributed by atoms with Gasteiger partial charge in [-0.1, -0.05) is 18.2 Å². The minimum atomic E-state index is -0.0948. The third-order valence-corrected chi connectivity index (χ3v) is 4.58. The molecule has 2 aromatic rings. The molecule has 1 aromatic carbocycles. The number of fused-ring (bicyclic) bond motifs is 1. The van der Waals surface area contributed by atoms with Crippen molar-refractivity contribution in [1.82, 2.24) is 4.90 Å². The SMILES string of the molecule is O=C1CSC(c2cc3ccccc3o2)N1CCOCCO. The smallest absolute Gasteiger partial charge is 0.234 e. The van der Waals surface area contributed by atoms with Crippen LogP contribution in [0.15, 0.2) is 34.7 Å². The molecule has 5 nitrogen and oxygen atoms in total. The van der Waals surface area contributed by atoms with Crippen molar-refractivity contribution in [3.63, 3.8) is 0 Å². The Hall–Kier alpha value is -1.50. The van der Waals surface area contributed by atoms with E-state index in [1.165, 1.54) is 0 Å². The molecule has 0 radical (unpaired) electrons. The van der Waals surface area contributed by atoms with Gasteiger partial charge in [0.05, 0.1) is 25.6 Å². The molecule has 1 amide bonds. The number of amides is 1. The van der Waals surface area contributed by atoms with Crippen LogP contribution in [0.1, 0.15) is 11.1 Å². The largest absolute Gasteiger partial charge is 0.458 e. The van der Waals surface area contributed by atoms with Crippen LogP contribution in [0.3, 0.4) is 0 Å². The van der Waals surface area contributed by atoms with Crippen LogP contribution in [0.5, 0.6) is 0 Å². The van der Waals surface area contributed by atoms with Crippen molar-refractivity contribution in [3.8, 4) is 0 Å². The van der Waals surface area contributed by atoms with Crippen molar-refractivity contribution in [1.29, 1.82) is 0 Å². The number of carbonyl (C=O) groups excluding carboxylic acids is 1. The van der Waals surface area contributed by atoms with Crippen LogP contribution >= 0.6 is 11.8 Å². The van der Waals surface area contributed by atoms with Gasteiger partial charge in [-0.15, -0.1) is 11.8 Å². The van der Waals surface area contributed by atoms with Crippen LogP contribution in [0.25, 0.3) is 11.0 Å². The monoisotopic (exact) mass is 307 g/mol. The lowest BCUT2D eigenvalue weighted by atomic mass is 10.2. The number of hydrogen-bond donors (Lipinski definition) is 1. The minimum Gasteiger partial charge on any atom is -0.458 e. The molecule has 1 unspecified atom stereocenters. The maximum Gasteiger partial charge on any atom is 0.234 e. The summed E-state index contributed by atoms with van der Waals surface area (Å²) in [4.78, 5) is 13.8. The molecule has 1 fully saturated rings. The van der Waals surface area contributed by atoms with Crippen molar-refractivity contribution in [2.24, 2.45) is 0 Å². The predicted molar refractivity (Wildman–Crippen MR) is 81.0 cm³/mol. The van der Waals surface area contributed by atoms with Gasteiger partial charge in [-0.25, -0.2) is 0 Å². The average molecular weight is 307 g/mol. The van der Waals surface area contributed by atoms with Crippen molar-refractivity contribution < 1.29 is 19.1 Å². The third kappa shape index (κ3) is 3.07. The standard InChI is InChI=1S/C15H17NO4S/c17-6-8-19-7-5-16-14(18)10-21-15(16)13-9-11-3-1-2-4-12(11)20-13/h1-4,9,15,17H,5-8,10H2. The lowest BCUT2D eigenvalue weighted by Crippen LogP contribution is -2.31. The van der Waals surface area contributed by atoms with Gasteiger partial charge >= 0.3 is 0 Å². The highest BCUT2D eigenvalue weighted by atomic mass is 32.2. The maximum atomic E-state index is 12.0. The number of furan rings is 1. The summed E-state index contributed by atoms with van der Waals surface area (Å²) < 4.78 is 11.1. The van der Waals surface area contributed by atoms with Gasteiger partial charge in [-0.2, -0.15) is 0 Å². The molecule has 6 heteroatoms. The summed E-state index contributed by atoms with van der Waals surface area (Å²) in [5.74, 6) is 1.36. The number of para-hydroxylation sites is 1. The molecule has 1 N–H and O–H groups in total. The first kappa shape index (κ1) is 14.4. The van der Waals surface area contributed by atoms with Gasteiger partial charge in [0, 0.05) is 11.9 Å². The van der Waals surface area contributed by atoms with Crippen molar-refractivity contribution in [2.75, 3.05) is 32.1 Å². The summed E-state index contributed by atoms with van der Waals surface area (Å²) in [5, 5.41) is 9.65. The highest BCUT2D eigenvalue weighted by Crippen LogP contribution is 2.40. The molecule has 1 atom stereocenters. The zero-order valence-corrected chi connectivity index (χ0v) is 12.3. The number of rotatable bonds is 6. The van der Waals surface area contributed by atoms with Gasteiger partial charge in [0.15, 0.2) is 0 Å². The molecule has 0 saturated carbocycles. The Morgan fingerprint density at radius 1 is 1.38 bits per heavy atom. The van der Waals surface area contributed by atoms with E-state index in [4.69, 9.17) is 14.3 Å². The second-order valence-corrected chi connectivity index (χ2v) is 5.84. The summed E-state index contributed by atoms with van der Waals surface area (Å²) in [7, 11) is 0. The average Bonchev–Trinajstić information content (AvgIpc) is 3.07. The van der Waals surface area contributed by atoms with E-state index in [2.05, 4.69) is 0 Å². The van der Waals surface area contributed by atoms with Gasteiger partial charge in [0.2, 0.25) is 5.91 Å². The van der Waals surface area contributed by atoms with Gasteiger partial charge in [-0.3, -0.25) is 4.79 Å². The molecule has 3 rings (SSSR count). The van der Waals surface area contributed by atoms with Crippen LogP contribution in [-0.2, 0) is 9.53 Å². The number of ether oxygens (including phenoxy) is 1. The molecule has 0 bridgehead atoms. The Morgan fingerprint density at radius 2 is 2.24 bits per heavy atom. The first-order valence-electron chi connectivity index (χ1n) is 6.88. The number of aliphatic hydroxyl groups excluding tert-OH is 1. The Bertz CT molecular complexity index is 594. The van der Waals surface area contributed by atoms with E-state index in [0.29, 0.717) is 25.5 Å². The van der Waals surface area contributed by atoms with Crippen LogP contribution in [0.4, 0.5) is 0 Å². The van der Waals surface area contributed by atoms with Crippen molar-refractivity contribution in [2.45, 2.75) is 5.37 Å². The van der Waals surface area contributed by atoms with E-state index in [1.54, 1.807) is 16.7 Å². The number of thioether (sulfide) groups is 1. The Morgan fingerprint density at radius 3 is 3.05 bits per heavy atom. The van der Waals surface area contributed by atoms with E-state index < -0.39 is 0 Å². The number of carbonyl (C=O) groups is 1. The molecule has 1 saturated heterocycles. The lowest BCUT2D eigenvalue weighted by Gasteiger charge is -2.22. The molecular formula is C15H17NO4S. The molecule has 112 valence electrons. The van der Waals surface area contributed by atoms with E-state index >= 15 is 0 Å². The molecule has 1 aliphatic heterocycles. The topological polar surface area (TPSA) is 62.9 Å². The molecule has 1 aliphatic rings. The summed E-state index contributed by atoms with van der Waals surface area (Å²) >= 11 is 1.57. The van der Waals surface area contributed by atoms with Crippen LogP contribution in [-0.4, -0.2) is 48.0 Å². The molecular weight excluding hydrogens is 290 g/mol. The normalized spacial score (nSPS) is 18.8. The molecule has 21 heavy (non-hydrogen) atoms. The first-order valence-corrected chi connectivity index (χ1v) is 7.92. The Kier molecular flexibility index (Phi) is 4.48. The highest BCUT2D eigenvalue weighted by molar-refractivity contribution is 8.00. The second-order valence-electron chi connectivity index (χ2n) is 4.77. The van der Waals surface area contributed by atoms with E-state index in [0.717, 1.165) is 16.7 Å². The lowest BCUT2D eigenvalue weighted by molar-refractivity contribution is -0.129. The number of nitrogens with zero attached hydrogens (tertiary/aromatic N) is 1. The third-order valence-electron chi connectivity index (χ3n) is 3.37. The van der Waals surface area contributed by atoms with Gasteiger partial charge in [0.25, 0.3) is 0 Å². The maximum absolute atomic E-state index is 12.0. The quantitative estimate of drug-likeness (QED) is 0.827. The highest BCUT2D eigenvalue weighted by Gasteiger charge is 2.34. The minimum absolute atomic E-state index is 0.00427. The molecule has 0 spiro atoms. The number of hydrogen-bond acceptors (Lipinski definition) is 5. The summed E-state index contributed by atoms with van der Waals surface area (Å²) in [6.07, 6.45) is 0. The summed E-state index contributed by atoms with van der Waals surface area (Å²) in [5.41, 5.74) is 0.837. The zero-order chi connectivity index (χ0) is 14.7. The van der Waals surface area contributed by atoms with Gasteiger partial charge in [0.1, 0.15) is 16.7 Å². The van der Waals surface area contributed by atoms with Gasteiger partial charge < -0.3 is 19.2 Å². The van der Waals surface area contributed by atoms with E-state index in [9.17, 15) is 4.79 Å². The fourth-order valence-corrected chi connectivity index (χ4v) is 3.53. The van der Waals surface area contributed by atoms with Crippen LogP contribution in [0.2, 0.25) is 0 Å². The molecule has 1 aromatic heterocycles. The van der Waals surface area contributed by atoms with Crippen molar-refractivity contribution >= 4 is 28.6 Å². The Balaban J connectivity index is 1.74. The first-order chi connectivity index (χ1) is 10.3. The predicted octanol–water partition coefficient (Wildman–Crippen LogP) is 2.02. The number of benzene rings is 1. The van der Waals surface area contributed by atoms with E-state index in [-0.39, 0.29) is 17.9 Å². The molecule has 0 aliphatic carbocycles. The zero-order valence-electron chi connectivity index (χ0n) is 11.5. The number of aliphatic hydroxyl groups is 1. The summed E-state index contributed by atoms with van der Waals surface area (Å²) in [6.45, 7) is 1.22. The van der Waals surface area contributed by atoms with Crippen LogP contribution < -0.4 is 0 Å². The van der Waals surface area contributed by atoms with Crippen molar-refractivity contribution in [3.05, 3.63) is 36.1 Å². The summed E-state index contributed by atoms with van der Waals surface area (Å²) in [6, 6.07) is 9.82. The fourth-order valence-electron chi connectivity index (χ4n) is 2.39. The molecule has 2 heterocycles. The fraction of sp³-hybridized carbons (Fsp3) is 0.400. The van der Waals surface area contributed by atoms with Gasteiger partial charge in [-0.05, 0) is 12.1 Å². The Labute approximate surface area is 126 Å². The van der Waals surface area contributed by atoms with E-state index in [1.807, 2.05) is 30.3 Å².